The van der Waals surface area contributed by atoms with Crippen LogP contribution in [0.5, 0.6) is 0 Å². The molecule has 2 rings (SSSR count). The standard InChI is InChI=1S/C18H25NO6/c1-16(2,3)25-15(23)19-11-17(24,12-20)10-18(19,14(21)22)9-13-7-5-4-6-8-13/h4-8,20,24H,9-12H2,1-3H3,(H,21,22)/t17-,18-/m0/s1. The lowest BCUT2D eigenvalue weighted by atomic mass is 9.84. The first-order valence-electron chi connectivity index (χ1n) is 8.13. The largest absolute Gasteiger partial charge is 0.479 e. The third-order valence-electron chi connectivity index (χ3n) is 4.24. The molecule has 7 nitrogen and oxygen atoms in total. The number of carboxylic acids is 1. The van der Waals surface area contributed by atoms with Gasteiger partial charge in [-0.2, -0.15) is 0 Å². The molecule has 1 fully saturated rings. The van der Waals surface area contributed by atoms with Crippen LogP contribution in [0, 0.1) is 0 Å². The summed E-state index contributed by atoms with van der Waals surface area (Å²) in [6.07, 6.45) is -1.10. The highest BCUT2D eigenvalue weighted by Crippen LogP contribution is 2.39. The van der Waals surface area contributed by atoms with E-state index in [9.17, 15) is 24.9 Å². The summed E-state index contributed by atoms with van der Waals surface area (Å²) in [5.41, 5.74) is -3.49. The number of carbonyl (C=O) groups is 2. The number of hydrogen-bond acceptors (Lipinski definition) is 5. The lowest BCUT2D eigenvalue weighted by molar-refractivity contribution is -0.149. The van der Waals surface area contributed by atoms with Crippen LogP contribution in [0.1, 0.15) is 32.8 Å². The second-order valence-electron chi connectivity index (χ2n) is 7.62. The molecule has 0 spiro atoms. The Morgan fingerprint density at radius 3 is 2.32 bits per heavy atom. The molecule has 0 unspecified atom stereocenters. The summed E-state index contributed by atoms with van der Waals surface area (Å²) in [6.45, 7) is 4.09. The molecule has 0 radical (unpaired) electrons. The number of carboxylic acid groups (broad SMARTS) is 1. The Morgan fingerprint density at radius 1 is 1.24 bits per heavy atom. The minimum atomic E-state index is -1.69. The van der Waals surface area contributed by atoms with Gasteiger partial charge in [-0.15, -0.1) is 0 Å². The van der Waals surface area contributed by atoms with Crippen molar-refractivity contribution in [1.82, 2.24) is 4.90 Å². The lowest BCUT2D eigenvalue weighted by Crippen LogP contribution is -2.55. The normalized spacial score (nSPS) is 26.5. The molecule has 1 heterocycles. The average Bonchev–Trinajstić information content (AvgIpc) is 2.82. The molecule has 1 aliphatic rings. The van der Waals surface area contributed by atoms with Crippen molar-refractivity contribution in [3.63, 3.8) is 0 Å². The molecular weight excluding hydrogens is 326 g/mol. The maximum atomic E-state index is 12.6. The molecule has 1 aromatic rings. The first kappa shape index (κ1) is 19.2. The second-order valence-corrected chi connectivity index (χ2v) is 7.62. The molecule has 0 aliphatic carbocycles. The number of nitrogens with zero attached hydrogens (tertiary/aromatic N) is 1. The van der Waals surface area contributed by atoms with Crippen LogP contribution in [-0.4, -0.2) is 62.2 Å². The molecular formula is C18H25NO6. The summed E-state index contributed by atoms with van der Waals surface area (Å²) in [4.78, 5) is 25.8. The number of aliphatic hydroxyl groups excluding tert-OH is 1. The van der Waals surface area contributed by atoms with Crippen LogP contribution in [-0.2, 0) is 16.0 Å². The van der Waals surface area contributed by atoms with Crippen molar-refractivity contribution in [3.05, 3.63) is 35.9 Å². The molecule has 7 heteroatoms. The van der Waals surface area contributed by atoms with Crippen LogP contribution in [0.25, 0.3) is 0 Å². The fourth-order valence-electron chi connectivity index (χ4n) is 3.16. The molecule has 1 saturated heterocycles. The van der Waals surface area contributed by atoms with Crippen molar-refractivity contribution < 1.29 is 29.6 Å². The Morgan fingerprint density at radius 2 is 1.84 bits per heavy atom. The minimum Gasteiger partial charge on any atom is -0.479 e. The third kappa shape index (κ3) is 4.11. The van der Waals surface area contributed by atoms with Crippen molar-refractivity contribution in [3.8, 4) is 0 Å². The van der Waals surface area contributed by atoms with Crippen molar-refractivity contribution in [2.75, 3.05) is 13.2 Å². The van der Waals surface area contributed by atoms with Crippen LogP contribution >= 0.6 is 0 Å². The highest BCUT2D eigenvalue weighted by molar-refractivity contribution is 5.86. The van der Waals surface area contributed by atoms with Crippen LogP contribution in [0.4, 0.5) is 4.79 Å². The van der Waals surface area contributed by atoms with E-state index in [0.29, 0.717) is 5.56 Å². The summed E-state index contributed by atoms with van der Waals surface area (Å²) < 4.78 is 5.33. The number of aliphatic carboxylic acids is 1. The number of rotatable bonds is 4. The van der Waals surface area contributed by atoms with Gasteiger partial charge in [-0.3, -0.25) is 4.90 Å². The Bertz CT molecular complexity index is 641. The van der Waals surface area contributed by atoms with Crippen LogP contribution in [0.3, 0.4) is 0 Å². The van der Waals surface area contributed by atoms with Gasteiger partial charge in [-0.05, 0) is 26.3 Å². The van der Waals surface area contributed by atoms with Gasteiger partial charge < -0.3 is 20.1 Å². The number of ether oxygens (including phenoxy) is 1. The lowest BCUT2D eigenvalue weighted by Gasteiger charge is -2.35. The fraction of sp³-hybridized carbons (Fsp3) is 0.556. The summed E-state index contributed by atoms with van der Waals surface area (Å²) in [5.74, 6) is -1.24. The van der Waals surface area contributed by atoms with Gasteiger partial charge in [0.2, 0.25) is 0 Å². The minimum absolute atomic E-state index is 0.00469. The highest BCUT2D eigenvalue weighted by Gasteiger charge is 2.59. The zero-order valence-corrected chi connectivity index (χ0v) is 14.7. The van der Waals surface area contributed by atoms with Gasteiger partial charge in [-0.25, -0.2) is 9.59 Å². The first-order chi connectivity index (χ1) is 11.5. The van der Waals surface area contributed by atoms with E-state index >= 15 is 0 Å². The molecule has 1 amide bonds. The van der Waals surface area contributed by atoms with Gasteiger partial charge in [0.1, 0.15) is 11.2 Å². The van der Waals surface area contributed by atoms with E-state index < -0.39 is 35.4 Å². The second kappa shape index (κ2) is 6.65. The van der Waals surface area contributed by atoms with Crippen molar-refractivity contribution >= 4 is 12.1 Å². The number of benzene rings is 1. The predicted octanol–water partition coefficient (Wildman–Crippen LogP) is 1.42. The van der Waals surface area contributed by atoms with E-state index in [4.69, 9.17) is 4.74 Å². The smallest absolute Gasteiger partial charge is 0.411 e. The maximum absolute atomic E-state index is 12.6. The first-order valence-corrected chi connectivity index (χ1v) is 8.13. The quantitative estimate of drug-likeness (QED) is 0.757. The van der Waals surface area contributed by atoms with E-state index in [1.165, 1.54) is 0 Å². The third-order valence-corrected chi connectivity index (χ3v) is 4.24. The molecule has 1 aromatic carbocycles. The number of amides is 1. The van der Waals surface area contributed by atoms with Gasteiger partial charge in [0, 0.05) is 12.8 Å². The Hall–Kier alpha value is -2.12. The van der Waals surface area contributed by atoms with Crippen molar-refractivity contribution in [1.29, 1.82) is 0 Å². The van der Waals surface area contributed by atoms with E-state index in [1.54, 1.807) is 51.1 Å². The zero-order chi connectivity index (χ0) is 18.9. The van der Waals surface area contributed by atoms with Gasteiger partial charge in [-0.1, -0.05) is 30.3 Å². The van der Waals surface area contributed by atoms with E-state index in [1.807, 2.05) is 0 Å². The predicted molar refractivity (Wildman–Crippen MR) is 90.1 cm³/mol. The Labute approximate surface area is 146 Å². The number of likely N-dealkylation sites (tertiary alicyclic amines) is 1. The summed E-state index contributed by atoms with van der Waals surface area (Å²) in [6, 6.07) is 8.87. The van der Waals surface area contributed by atoms with Gasteiger partial charge in [0.25, 0.3) is 0 Å². The number of hydrogen-bond donors (Lipinski definition) is 3. The molecule has 1 aliphatic heterocycles. The number of carbonyl (C=O) groups excluding carboxylic acids is 1. The summed E-state index contributed by atoms with van der Waals surface area (Å²) in [5, 5.41) is 30.0. The SMILES string of the molecule is CC(C)(C)OC(=O)N1C[C@](O)(CO)C[C@@]1(Cc1ccccc1)C(=O)O. The van der Waals surface area contributed by atoms with E-state index in [-0.39, 0.29) is 19.4 Å². The fourth-order valence-corrected chi connectivity index (χ4v) is 3.16. The van der Waals surface area contributed by atoms with E-state index in [0.717, 1.165) is 4.90 Å². The van der Waals surface area contributed by atoms with Gasteiger partial charge >= 0.3 is 12.1 Å². The van der Waals surface area contributed by atoms with Gasteiger partial charge in [0.15, 0.2) is 5.54 Å². The molecule has 0 saturated carbocycles. The zero-order valence-electron chi connectivity index (χ0n) is 14.7. The monoisotopic (exact) mass is 351 g/mol. The molecule has 0 bridgehead atoms. The Kier molecular flexibility index (Phi) is 5.11. The maximum Gasteiger partial charge on any atom is 0.411 e. The van der Waals surface area contributed by atoms with Gasteiger partial charge in [0.05, 0.1) is 13.2 Å². The number of aliphatic hydroxyl groups is 2. The highest BCUT2D eigenvalue weighted by atomic mass is 16.6. The van der Waals surface area contributed by atoms with Crippen molar-refractivity contribution in [2.24, 2.45) is 0 Å². The topological polar surface area (TPSA) is 107 Å². The summed E-state index contributed by atoms with van der Waals surface area (Å²) >= 11 is 0. The number of β-amino-alcohol motifs (C(OH)–C–C–N with tert-alkyl or cyclic N) is 1. The molecule has 25 heavy (non-hydrogen) atoms. The van der Waals surface area contributed by atoms with E-state index in [2.05, 4.69) is 0 Å². The molecule has 0 aromatic heterocycles. The molecule has 3 N–H and O–H groups in total. The average molecular weight is 351 g/mol. The van der Waals surface area contributed by atoms with Crippen LogP contribution < -0.4 is 0 Å². The molecule has 2 atom stereocenters. The Balaban J connectivity index is 2.44. The van der Waals surface area contributed by atoms with Crippen LogP contribution in [0.2, 0.25) is 0 Å². The summed E-state index contributed by atoms with van der Waals surface area (Å²) in [7, 11) is 0. The molecule has 138 valence electrons. The van der Waals surface area contributed by atoms with Crippen molar-refractivity contribution in [2.45, 2.75) is 50.4 Å². The van der Waals surface area contributed by atoms with Crippen LogP contribution in [0.15, 0.2) is 30.3 Å².